The lowest BCUT2D eigenvalue weighted by Crippen LogP contribution is -2.29. The molecule has 1 rings (SSSR count). The third-order valence-electron chi connectivity index (χ3n) is 2.12. The largest absolute Gasteiger partial charge is 0.351 e. The van der Waals surface area contributed by atoms with Gasteiger partial charge in [0.25, 0.3) is 5.91 Å². The number of hydrogen-bond acceptors (Lipinski definition) is 6. The molecule has 0 aliphatic heterocycles. The van der Waals surface area contributed by atoms with E-state index in [2.05, 4.69) is 15.7 Å². The van der Waals surface area contributed by atoms with E-state index in [1.807, 2.05) is 0 Å². The van der Waals surface area contributed by atoms with Gasteiger partial charge >= 0.3 is 0 Å². The molecule has 0 spiro atoms. The fourth-order valence-corrected chi connectivity index (χ4v) is 1.80. The molecule has 0 aliphatic carbocycles. The van der Waals surface area contributed by atoms with Gasteiger partial charge < -0.3 is 10.7 Å². The minimum absolute atomic E-state index is 0.0738. The smallest absolute Gasteiger partial charge is 0.251 e. The first-order chi connectivity index (χ1) is 8.31. The number of aryl methyl sites for hydroxylation is 1. The number of anilines is 1. The zero-order chi connectivity index (χ0) is 13.8. The molecular formula is C10H16N4O3S. The van der Waals surface area contributed by atoms with Crippen LogP contribution in [0.3, 0.4) is 0 Å². The highest BCUT2D eigenvalue weighted by Crippen LogP contribution is 2.08. The third kappa shape index (κ3) is 4.68. The standard InChI is InChI=1S/C10H16N4O3S/c1-7-5-8(6-9(13-7)14-11)10(15)12-3-4-18(2,16)17/h5-6H,3-4,11H2,1-2H3,(H,12,15)(H,13,14). The molecule has 4 N–H and O–H groups in total. The van der Waals surface area contributed by atoms with Gasteiger partial charge in [-0.3, -0.25) is 4.79 Å². The van der Waals surface area contributed by atoms with Crippen molar-refractivity contribution in [3.05, 3.63) is 23.4 Å². The van der Waals surface area contributed by atoms with Crippen LogP contribution in [-0.4, -0.2) is 37.9 Å². The molecule has 1 aromatic heterocycles. The van der Waals surface area contributed by atoms with Gasteiger partial charge in [-0.15, -0.1) is 0 Å². The van der Waals surface area contributed by atoms with E-state index in [0.29, 0.717) is 17.1 Å². The van der Waals surface area contributed by atoms with Crippen LogP contribution in [0.4, 0.5) is 5.82 Å². The lowest BCUT2D eigenvalue weighted by molar-refractivity contribution is 0.0956. The van der Waals surface area contributed by atoms with Gasteiger partial charge in [-0.2, -0.15) is 0 Å². The summed E-state index contributed by atoms with van der Waals surface area (Å²) in [4.78, 5) is 15.8. The van der Waals surface area contributed by atoms with Crippen molar-refractivity contribution in [2.24, 2.45) is 5.84 Å². The summed E-state index contributed by atoms with van der Waals surface area (Å²) in [6.07, 6.45) is 1.12. The van der Waals surface area contributed by atoms with Gasteiger partial charge in [0.1, 0.15) is 15.7 Å². The zero-order valence-corrected chi connectivity index (χ0v) is 11.0. The molecule has 1 aromatic rings. The molecule has 8 heteroatoms. The predicted molar refractivity (Wildman–Crippen MR) is 68.8 cm³/mol. The molecule has 0 saturated carbocycles. The first-order valence-corrected chi connectivity index (χ1v) is 7.29. The summed E-state index contributed by atoms with van der Waals surface area (Å²) in [6, 6.07) is 3.08. The van der Waals surface area contributed by atoms with Crippen molar-refractivity contribution in [3.63, 3.8) is 0 Å². The SMILES string of the molecule is Cc1cc(C(=O)NCCS(C)(=O)=O)cc(NN)n1. The number of nitrogens with zero attached hydrogens (tertiary/aromatic N) is 1. The van der Waals surface area contributed by atoms with Gasteiger partial charge in [-0.05, 0) is 19.1 Å². The van der Waals surface area contributed by atoms with Crippen LogP contribution >= 0.6 is 0 Å². The fraction of sp³-hybridized carbons (Fsp3) is 0.400. The first-order valence-electron chi connectivity index (χ1n) is 5.23. The summed E-state index contributed by atoms with van der Waals surface area (Å²) in [5, 5.41) is 2.52. The monoisotopic (exact) mass is 272 g/mol. The molecule has 7 nitrogen and oxygen atoms in total. The predicted octanol–water partition coefficient (Wildman–Crippen LogP) is -0.550. The molecule has 0 fully saturated rings. The number of nitrogen functional groups attached to an aromatic ring is 1. The molecule has 100 valence electrons. The van der Waals surface area contributed by atoms with E-state index in [1.54, 1.807) is 13.0 Å². The van der Waals surface area contributed by atoms with E-state index >= 15 is 0 Å². The molecule has 0 aromatic carbocycles. The minimum Gasteiger partial charge on any atom is -0.351 e. The summed E-state index contributed by atoms with van der Waals surface area (Å²) in [5.41, 5.74) is 3.37. The van der Waals surface area contributed by atoms with Crippen LogP contribution in [0.5, 0.6) is 0 Å². The number of pyridine rings is 1. The molecule has 0 atom stereocenters. The highest BCUT2D eigenvalue weighted by atomic mass is 32.2. The second kappa shape index (κ2) is 5.78. The molecule has 18 heavy (non-hydrogen) atoms. The van der Waals surface area contributed by atoms with Crippen LogP contribution in [0.15, 0.2) is 12.1 Å². The zero-order valence-electron chi connectivity index (χ0n) is 10.2. The molecule has 1 amide bonds. The number of rotatable bonds is 5. The number of nitrogens with two attached hydrogens (primary N) is 1. The van der Waals surface area contributed by atoms with Crippen molar-refractivity contribution in [2.75, 3.05) is 24.0 Å². The van der Waals surface area contributed by atoms with E-state index in [-0.39, 0.29) is 18.2 Å². The Balaban J connectivity index is 2.69. The van der Waals surface area contributed by atoms with Crippen molar-refractivity contribution < 1.29 is 13.2 Å². The second-order valence-electron chi connectivity index (χ2n) is 3.91. The summed E-state index contributed by atoms with van der Waals surface area (Å²) >= 11 is 0. The lowest BCUT2D eigenvalue weighted by Gasteiger charge is -2.07. The summed E-state index contributed by atoms with van der Waals surface area (Å²) < 4.78 is 21.8. The minimum atomic E-state index is -3.08. The number of hydrogen-bond donors (Lipinski definition) is 3. The second-order valence-corrected chi connectivity index (χ2v) is 6.17. The van der Waals surface area contributed by atoms with Crippen LogP contribution in [0, 0.1) is 6.92 Å². The molecule has 0 saturated heterocycles. The summed E-state index contributed by atoms with van der Waals surface area (Å²) in [5.74, 6) is 5.15. The molecular weight excluding hydrogens is 256 g/mol. The van der Waals surface area contributed by atoms with Gasteiger partial charge in [0.05, 0.1) is 5.75 Å². The first kappa shape index (κ1) is 14.4. The third-order valence-corrected chi connectivity index (χ3v) is 3.07. The highest BCUT2D eigenvalue weighted by molar-refractivity contribution is 7.90. The Morgan fingerprint density at radius 3 is 2.67 bits per heavy atom. The normalized spacial score (nSPS) is 11.1. The van der Waals surface area contributed by atoms with Crippen LogP contribution < -0.4 is 16.6 Å². The van der Waals surface area contributed by atoms with Crippen molar-refractivity contribution in [1.29, 1.82) is 0 Å². The maximum atomic E-state index is 11.7. The topological polar surface area (TPSA) is 114 Å². The number of hydrazine groups is 1. The Labute approximate surface area is 106 Å². The summed E-state index contributed by atoms with van der Waals surface area (Å²) in [7, 11) is -3.08. The van der Waals surface area contributed by atoms with Crippen molar-refractivity contribution in [3.8, 4) is 0 Å². The number of nitrogens with one attached hydrogen (secondary N) is 2. The molecule has 1 heterocycles. The number of sulfone groups is 1. The van der Waals surface area contributed by atoms with Gasteiger partial charge in [0.2, 0.25) is 0 Å². The van der Waals surface area contributed by atoms with Crippen LogP contribution in [0.2, 0.25) is 0 Å². The average molecular weight is 272 g/mol. The van der Waals surface area contributed by atoms with E-state index in [0.717, 1.165) is 6.26 Å². The molecule has 0 bridgehead atoms. The molecule has 0 unspecified atom stereocenters. The fourth-order valence-electron chi connectivity index (χ4n) is 1.33. The molecule has 0 aliphatic rings. The van der Waals surface area contributed by atoms with Crippen molar-refractivity contribution in [2.45, 2.75) is 6.92 Å². The van der Waals surface area contributed by atoms with Crippen molar-refractivity contribution in [1.82, 2.24) is 10.3 Å². The average Bonchev–Trinajstić information content (AvgIpc) is 2.26. The number of carbonyl (C=O) groups is 1. The van der Waals surface area contributed by atoms with E-state index in [4.69, 9.17) is 5.84 Å². The van der Waals surface area contributed by atoms with Crippen LogP contribution in [0.25, 0.3) is 0 Å². The van der Waals surface area contributed by atoms with Gasteiger partial charge in [-0.1, -0.05) is 0 Å². The Morgan fingerprint density at radius 1 is 1.44 bits per heavy atom. The molecule has 0 radical (unpaired) electrons. The Bertz CT molecular complexity index is 542. The van der Waals surface area contributed by atoms with Crippen LogP contribution in [-0.2, 0) is 9.84 Å². The van der Waals surface area contributed by atoms with E-state index in [1.165, 1.54) is 6.07 Å². The number of amides is 1. The van der Waals surface area contributed by atoms with Gasteiger partial charge in [0, 0.05) is 24.1 Å². The van der Waals surface area contributed by atoms with Gasteiger partial charge in [0.15, 0.2) is 0 Å². The highest BCUT2D eigenvalue weighted by Gasteiger charge is 2.09. The maximum Gasteiger partial charge on any atom is 0.251 e. The number of carbonyl (C=O) groups excluding carboxylic acids is 1. The lowest BCUT2D eigenvalue weighted by atomic mass is 10.2. The Morgan fingerprint density at radius 2 is 2.11 bits per heavy atom. The Kier molecular flexibility index (Phi) is 4.62. The van der Waals surface area contributed by atoms with E-state index < -0.39 is 9.84 Å². The Hall–Kier alpha value is -1.67. The maximum absolute atomic E-state index is 11.7. The van der Waals surface area contributed by atoms with Crippen molar-refractivity contribution >= 4 is 21.6 Å². The van der Waals surface area contributed by atoms with Crippen LogP contribution in [0.1, 0.15) is 16.1 Å². The quantitative estimate of drug-likeness (QED) is 0.489. The summed E-state index contributed by atoms with van der Waals surface area (Å²) in [6.45, 7) is 1.80. The van der Waals surface area contributed by atoms with Gasteiger partial charge in [-0.25, -0.2) is 19.2 Å². The van der Waals surface area contributed by atoms with E-state index in [9.17, 15) is 13.2 Å². The number of aromatic nitrogens is 1.